The summed E-state index contributed by atoms with van der Waals surface area (Å²) >= 11 is 0. The summed E-state index contributed by atoms with van der Waals surface area (Å²) in [6.07, 6.45) is 3.56. The Hall–Kier alpha value is -0.830. The summed E-state index contributed by atoms with van der Waals surface area (Å²) in [6, 6.07) is 2.81. The summed E-state index contributed by atoms with van der Waals surface area (Å²) in [5.74, 6) is 0.777. The second kappa shape index (κ2) is 3.97. The normalized spacial score (nSPS) is 31.9. The molecule has 3 heteroatoms. The van der Waals surface area contributed by atoms with Crippen LogP contribution in [0, 0.1) is 19.8 Å². The average Bonchev–Trinajstić information content (AvgIpc) is 2.50. The van der Waals surface area contributed by atoms with Crippen LogP contribution in [0.15, 0.2) is 6.07 Å². The van der Waals surface area contributed by atoms with Gasteiger partial charge in [0.25, 0.3) is 0 Å². The van der Waals surface area contributed by atoms with Gasteiger partial charge in [0.1, 0.15) is 0 Å². The van der Waals surface area contributed by atoms with Crippen molar-refractivity contribution < 1.29 is 0 Å². The molecule has 0 radical (unpaired) electrons. The summed E-state index contributed by atoms with van der Waals surface area (Å²) < 4.78 is 2.13. The van der Waals surface area contributed by atoms with Crippen molar-refractivity contribution in [2.24, 2.45) is 11.7 Å². The number of hydrogen-bond acceptors (Lipinski definition) is 2. The molecule has 3 nitrogen and oxygen atoms in total. The highest BCUT2D eigenvalue weighted by molar-refractivity contribution is 5.08. The zero-order valence-electron chi connectivity index (χ0n) is 9.90. The molecule has 1 aliphatic carbocycles. The molecule has 1 saturated carbocycles. The predicted molar refractivity (Wildman–Crippen MR) is 61.7 cm³/mol. The molecule has 0 bridgehead atoms. The van der Waals surface area contributed by atoms with E-state index in [-0.39, 0.29) is 6.04 Å². The lowest BCUT2D eigenvalue weighted by molar-refractivity contribution is 0.230. The first kappa shape index (κ1) is 10.7. The minimum absolute atomic E-state index is 0.277. The molecule has 2 N–H and O–H groups in total. The Labute approximate surface area is 91.7 Å². The lowest BCUT2D eigenvalue weighted by Gasteiger charge is -2.33. The number of hydrogen-bond donors (Lipinski definition) is 1. The molecule has 1 aromatic rings. The summed E-state index contributed by atoms with van der Waals surface area (Å²) in [6.45, 7) is 6.47. The van der Waals surface area contributed by atoms with Gasteiger partial charge < -0.3 is 5.73 Å². The van der Waals surface area contributed by atoms with Gasteiger partial charge in [-0.05, 0) is 45.1 Å². The maximum absolute atomic E-state index is 6.19. The second-order valence-corrected chi connectivity index (χ2v) is 5.02. The molecule has 1 aliphatic rings. The lowest BCUT2D eigenvalue weighted by Crippen LogP contribution is -2.38. The molecule has 0 aromatic carbocycles. The van der Waals surface area contributed by atoms with Gasteiger partial charge in [-0.15, -0.1) is 0 Å². The van der Waals surface area contributed by atoms with Gasteiger partial charge in [-0.25, -0.2) is 0 Å². The fraction of sp³-hybridized carbons (Fsp3) is 0.750. The number of nitrogens with zero attached hydrogens (tertiary/aromatic N) is 2. The van der Waals surface area contributed by atoms with Gasteiger partial charge in [-0.3, -0.25) is 4.68 Å². The monoisotopic (exact) mass is 207 g/mol. The molecule has 0 amide bonds. The predicted octanol–water partition coefficient (Wildman–Crippen LogP) is 2.19. The van der Waals surface area contributed by atoms with Gasteiger partial charge in [0.2, 0.25) is 0 Å². The second-order valence-electron chi connectivity index (χ2n) is 5.02. The van der Waals surface area contributed by atoms with Crippen molar-refractivity contribution in [1.82, 2.24) is 9.78 Å². The van der Waals surface area contributed by atoms with Crippen LogP contribution < -0.4 is 5.73 Å². The maximum atomic E-state index is 6.19. The van der Waals surface area contributed by atoms with Gasteiger partial charge in [0.15, 0.2) is 0 Å². The summed E-state index contributed by atoms with van der Waals surface area (Å²) in [4.78, 5) is 0. The Kier molecular flexibility index (Phi) is 2.83. The topological polar surface area (TPSA) is 43.8 Å². The largest absolute Gasteiger partial charge is 0.326 e. The third-order valence-corrected chi connectivity index (χ3v) is 3.49. The Bertz CT molecular complexity index is 343. The van der Waals surface area contributed by atoms with Crippen molar-refractivity contribution in [2.45, 2.75) is 52.1 Å². The molecule has 1 heterocycles. The van der Waals surface area contributed by atoms with Gasteiger partial charge in [-0.2, -0.15) is 5.10 Å². The highest BCUT2D eigenvalue weighted by Crippen LogP contribution is 2.31. The fourth-order valence-electron chi connectivity index (χ4n) is 2.64. The Morgan fingerprint density at radius 3 is 2.73 bits per heavy atom. The van der Waals surface area contributed by atoms with Crippen LogP contribution in [-0.2, 0) is 0 Å². The van der Waals surface area contributed by atoms with Crippen molar-refractivity contribution in [1.29, 1.82) is 0 Å². The van der Waals surface area contributed by atoms with Crippen molar-refractivity contribution >= 4 is 0 Å². The van der Waals surface area contributed by atoms with E-state index in [0.717, 1.165) is 18.0 Å². The molecule has 2 rings (SSSR count). The van der Waals surface area contributed by atoms with Crippen molar-refractivity contribution in [2.75, 3.05) is 0 Å². The highest BCUT2D eigenvalue weighted by Gasteiger charge is 2.28. The standard InChI is InChI=1S/C12H21N3/c1-8-4-5-11(13)12(6-8)15-10(3)7-9(2)14-15/h7-8,11-12H,4-6,13H2,1-3H3. The first-order chi connectivity index (χ1) is 7.08. The Morgan fingerprint density at radius 2 is 2.13 bits per heavy atom. The lowest BCUT2D eigenvalue weighted by atomic mass is 9.84. The van der Waals surface area contributed by atoms with Crippen LogP contribution >= 0.6 is 0 Å². The minimum Gasteiger partial charge on any atom is -0.326 e. The number of nitrogens with two attached hydrogens (primary N) is 1. The van der Waals surface area contributed by atoms with E-state index < -0.39 is 0 Å². The Morgan fingerprint density at radius 1 is 1.40 bits per heavy atom. The molecular formula is C12H21N3. The van der Waals surface area contributed by atoms with Crippen molar-refractivity contribution in [3.63, 3.8) is 0 Å². The van der Waals surface area contributed by atoms with Crippen LogP contribution in [-0.4, -0.2) is 15.8 Å². The van der Waals surface area contributed by atoms with E-state index in [1.54, 1.807) is 0 Å². The Balaban J connectivity index is 2.24. The molecule has 0 saturated heterocycles. The van der Waals surface area contributed by atoms with Crippen LogP contribution in [0.1, 0.15) is 43.6 Å². The van der Waals surface area contributed by atoms with Gasteiger partial charge >= 0.3 is 0 Å². The molecule has 1 aromatic heterocycles. The summed E-state index contributed by atoms with van der Waals surface area (Å²) in [7, 11) is 0. The van der Waals surface area contributed by atoms with Crippen LogP contribution in [0.5, 0.6) is 0 Å². The SMILES string of the molecule is Cc1cc(C)n(C2CC(C)CCC2N)n1. The van der Waals surface area contributed by atoms with Gasteiger partial charge in [-0.1, -0.05) is 6.92 Å². The third kappa shape index (κ3) is 2.07. The maximum Gasteiger partial charge on any atom is 0.0675 e. The van der Waals surface area contributed by atoms with E-state index in [2.05, 4.69) is 29.7 Å². The molecule has 0 aliphatic heterocycles. The zero-order chi connectivity index (χ0) is 11.0. The average molecular weight is 207 g/mol. The third-order valence-electron chi connectivity index (χ3n) is 3.49. The van der Waals surface area contributed by atoms with Crippen molar-refractivity contribution in [3.05, 3.63) is 17.5 Å². The van der Waals surface area contributed by atoms with Crippen LogP contribution in [0.3, 0.4) is 0 Å². The quantitative estimate of drug-likeness (QED) is 0.767. The highest BCUT2D eigenvalue weighted by atomic mass is 15.3. The first-order valence-corrected chi connectivity index (χ1v) is 5.86. The van der Waals surface area contributed by atoms with E-state index in [0.29, 0.717) is 6.04 Å². The fourth-order valence-corrected chi connectivity index (χ4v) is 2.64. The minimum atomic E-state index is 0.277. The van der Waals surface area contributed by atoms with Gasteiger partial charge in [0.05, 0.1) is 11.7 Å². The molecule has 0 spiro atoms. The summed E-state index contributed by atoms with van der Waals surface area (Å²) in [5, 5.41) is 4.56. The first-order valence-electron chi connectivity index (χ1n) is 5.86. The van der Waals surface area contributed by atoms with E-state index in [1.807, 2.05) is 6.92 Å². The van der Waals surface area contributed by atoms with E-state index in [4.69, 9.17) is 5.73 Å². The molecule has 3 atom stereocenters. The number of aryl methyl sites for hydroxylation is 2. The molecular weight excluding hydrogens is 186 g/mol. The zero-order valence-corrected chi connectivity index (χ0v) is 9.90. The van der Waals surface area contributed by atoms with Crippen molar-refractivity contribution in [3.8, 4) is 0 Å². The smallest absolute Gasteiger partial charge is 0.0675 e. The molecule has 3 unspecified atom stereocenters. The van der Waals surface area contributed by atoms with Gasteiger partial charge in [0, 0.05) is 11.7 Å². The van der Waals surface area contributed by atoms with E-state index in [1.165, 1.54) is 18.5 Å². The molecule has 1 fully saturated rings. The van der Waals surface area contributed by atoms with Crippen LogP contribution in [0.4, 0.5) is 0 Å². The van der Waals surface area contributed by atoms with Crippen LogP contribution in [0.25, 0.3) is 0 Å². The summed E-state index contributed by atoms with van der Waals surface area (Å²) in [5.41, 5.74) is 8.52. The number of aromatic nitrogens is 2. The van der Waals surface area contributed by atoms with E-state index in [9.17, 15) is 0 Å². The van der Waals surface area contributed by atoms with E-state index >= 15 is 0 Å². The molecule has 84 valence electrons. The molecule has 15 heavy (non-hydrogen) atoms. The van der Waals surface area contributed by atoms with Crippen LogP contribution in [0.2, 0.25) is 0 Å². The number of rotatable bonds is 1.